The van der Waals surface area contributed by atoms with Crippen LogP contribution < -0.4 is 15.4 Å². The molecule has 0 bridgehead atoms. The van der Waals surface area contributed by atoms with Crippen molar-refractivity contribution in [2.24, 2.45) is 0 Å². The molecule has 0 aromatic heterocycles. The Kier molecular flexibility index (Phi) is 6.00. The van der Waals surface area contributed by atoms with Gasteiger partial charge in [-0.05, 0) is 13.8 Å². The van der Waals surface area contributed by atoms with Gasteiger partial charge in [0.25, 0.3) is 10.2 Å². The van der Waals surface area contributed by atoms with Gasteiger partial charge in [-0.2, -0.15) is 12.7 Å². The molecule has 106 valence electrons. The Bertz CT molecular complexity index is 363. The number of nitrogens with one attached hydrogen (secondary N) is 3. The van der Waals surface area contributed by atoms with Crippen molar-refractivity contribution in [1.82, 2.24) is 19.7 Å². The van der Waals surface area contributed by atoms with Crippen molar-refractivity contribution in [3.8, 4) is 0 Å². The third-order valence-corrected chi connectivity index (χ3v) is 4.12. The van der Waals surface area contributed by atoms with Crippen LogP contribution in [-0.4, -0.2) is 57.4 Å². The first-order valence-electron chi connectivity index (χ1n) is 6.16. The first-order chi connectivity index (χ1) is 8.42. The Morgan fingerprint density at radius 2 is 1.94 bits per heavy atom. The quantitative estimate of drug-likeness (QED) is 0.560. The molecule has 8 heteroatoms. The number of piperazine rings is 1. The fourth-order valence-electron chi connectivity index (χ4n) is 1.66. The molecule has 0 atom stereocenters. The highest BCUT2D eigenvalue weighted by Gasteiger charge is 2.23. The van der Waals surface area contributed by atoms with Crippen LogP contribution in [0.1, 0.15) is 20.3 Å². The van der Waals surface area contributed by atoms with Crippen LogP contribution in [0, 0.1) is 0 Å². The SMILES string of the molecule is CC(C)NC(=O)CCNS(=O)(=O)N1CCNCC1. The second-order valence-corrected chi connectivity index (χ2v) is 6.28. The van der Waals surface area contributed by atoms with E-state index in [4.69, 9.17) is 0 Å². The molecule has 1 aliphatic heterocycles. The maximum atomic E-state index is 11.8. The fraction of sp³-hybridized carbons (Fsp3) is 0.900. The summed E-state index contributed by atoms with van der Waals surface area (Å²) >= 11 is 0. The minimum Gasteiger partial charge on any atom is -0.354 e. The van der Waals surface area contributed by atoms with E-state index in [2.05, 4.69) is 15.4 Å². The molecule has 0 spiro atoms. The first kappa shape index (κ1) is 15.4. The second-order valence-electron chi connectivity index (χ2n) is 4.52. The van der Waals surface area contributed by atoms with Gasteiger partial charge in [0, 0.05) is 45.2 Å². The normalized spacial score (nSPS) is 17.9. The lowest BCUT2D eigenvalue weighted by molar-refractivity contribution is -0.121. The molecule has 1 saturated heterocycles. The lowest BCUT2D eigenvalue weighted by Crippen LogP contribution is -2.50. The Morgan fingerprint density at radius 1 is 1.33 bits per heavy atom. The molecule has 3 N–H and O–H groups in total. The monoisotopic (exact) mass is 278 g/mol. The summed E-state index contributed by atoms with van der Waals surface area (Å²) in [5, 5.41) is 5.80. The van der Waals surface area contributed by atoms with Crippen LogP contribution in [0.25, 0.3) is 0 Å². The van der Waals surface area contributed by atoms with Crippen molar-refractivity contribution in [1.29, 1.82) is 0 Å². The van der Waals surface area contributed by atoms with Crippen molar-refractivity contribution in [3.63, 3.8) is 0 Å². The smallest absolute Gasteiger partial charge is 0.279 e. The van der Waals surface area contributed by atoms with Gasteiger partial charge in [-0.25, -0.2) is 4.72 Å². The minimum absolute atomic E-state index is 0.0716. The molecule has 0 saturated carbocycles. The second kappa shape index (κ2) is 7.03. The number of rotatable bonds is 6. The van der Waals surface area contributed by atoms with Gasteiger partial charge in [0.2, 0.25) is 5.91 Å². The number of carbonyl (C=O) groups excluding carboxylic acids is 1. The van der Waals surface area contributed by atoms with E-state index in [9.17, 15) is 13.2 Å². The lowest BCUT2D eigenvalue weighted by Gasteiger charge is -2.26. The molecular weight excluding hydrogens is 256 g/mol. The Labute approximate surface area is 108 Å². The van der Waals surface area contributed by atoms with Crippen LogP contribution in [0.15, 0.2) is 0 Å². The number of carbonyl (C=O) groups is 1. The average molecular weight is 278 g/mol. The third-order valence-electron chi connectivity index (χ3n) is 2.50. The molecule has 1 aliphatic rings. The van der Waals surface area contributed by atoms with Crippen molar-refractivity contribution in [3.05, 3.63) is 0 Å². The van der Waals surface area contributed by atoms with E-state index in [1.54, 1.807) is 0 Å². The molecule has 0 unspecified atom stereocenters. The molecule has 0 aromatic rings. The zero-order valence-corrected chi connectivity index (χ0v) is 11.7. The van der Waals surface area contributed by atoms with Gasteiger partial charge in [0.1, 0.15) is 0 Å². The molecule has 1 heterocycles. The fourth-order valence-corrected chi connectivity index (χ4v) is 2.87. The minimum atomic E-state index is -3.44. The number of nitrogens with zero attached hydrogens (tertiary/aromatic N) is 1. The summed E-state index contributed by atoms with van der Waals surface area (Å²) in [6, 6.07) is 0.0716. The highest BCUT2D eigenvalue weighted by Crippen LogP contribution is 1.99. The first-order valence-corrected chi connectivity index (χ1v) is 7.60. The molecular formula is C10H22N4O3S. The van der Waals surface area contributed by atoms with Crippen LogP contribution in [0.5, 0.6) is 0 Å². The number of hydrogen-bond donors (Lipinski definition) is 3. The summed E-state index contributed by atoms with van der Waals surface area (Å²) in [6.45, 7) is 6.11. The van der Waals surface area contributed by atoms with Crippen molar-refractivity contribution < 1.29 is 13.2 Å². The largest absolute Gasteiger partial charge is 0.354 e. The third kappa shape index (κ3) is 5.30. The molecule has 7 nitrogen and oxygen atoms in total. The lowest BCUT2D eigenvalue weighted by atomic mass is 10.3. The van der Waals surface area contributed by atoms with Gasteiger partial charge in [-0.3, -0.25) is 4.79 Å². The summed E-state index contributed by atoms with van der Waals surface area (Å²) in [4.78, 5) is 11.3. The molecule has 1 amide bonds. The summed E-state index contributed by atoms with van der Waals surface area (Å²) in [5.41, 5.74) is 0. The standard InChI is InChI=1S/C10H22N4O3S/c1-9(2)13-10(15)3-4-12-18(16,17)14-7-5-11-6-8-14/h9,11-12H,3-8H2,1-2H3,(H,13,15). The predicted molar refractivity (Wildman–Crippen MR) is 69.3 cm³/mol. The van der Waals surface area contributed by atoms with E-state index in [0.717, 1.165) is 0 Å². The summed E-state index contributed by atoms with van der Waals surface area (Å²) in [7, 11) is -3.44. The van der Waals surface area contributed by atoms with Crippen molar-refractivity contribution in [2.75, 3.05) is 32.7 Å². The summed E-state index contributed by atoms with van der Waals surface area (Å²) < 4.78 is 27.5. The van der Waals surface area contributed by atoms with Crippen LogP contribution in [-0.2, 0) is 15.0 Å². The summed E-state index contributed by atoms with van der Waals surface area (Å²) in [5.74, 6) is -0.145. The highest BCUT2D eigenvalue weighted by atomic mass is 32.2. The van der Waals surface area contributed by atoms with Gasteiger partial charge in [0.15, 0.2) is 0 Å². The zero-order valence-electron chi connectivity index (χ0n) is 10.9. The molecule has 1 fully saturated rings. The predicted octanol–water partition coefficient (Wildman–Crippen LogP) is -1.36. The molecule has 18 heavy (non-hydrogen) atoms. The molecule has 1 rings (SSSR count). The van der Waals surface area contributed by atoms with Crippen molar-refractivity contribution in [2.45, 2.75) is 26.3 Å². The topological polar surface area (TPSA) is 90.5 Å². The van der Waals surface area contributed by atoms with Crippen molar-refractivity contribution >= 4 is 16.1 Å². The maximum Gasteiger partial charge on any atom is 0.279 e. The Balaban J connectivity index is 2.31. The van der Waals surface area contributed by atoms with E-state index in [-0.39, 0.29) is 24.9 Å². The van der Waals surface area contributed by atoms with Gasteiger partial charge in [0.05, 0.1) is 0 Å². The van der Waals surface area contributed by atoms with E-state index in [1.807, 2.05) is 13.8 Å². The van der Waals surface area contributed by atoms with Gasteiger partial charge in [-0.15, -0.1) is 0 Å². The maximum absolute atomic E-state index is 11.8. The average Bonchev–Trinajstić information content (AvgIpc) is 2.29. The number of amides is 1. The van der Waals surface area contributed by atoms with Crippen LogP contribution in [0.2, 0.25) is 0 Å². The van der Waals surface area contributed by atoms with E-state index in [0.29, 0.717) is 26.2 Å². The van der Waals surface area contributed by atoms with E-state index < -0.39 is 10.2 Å². The van der Waals surface area contributed by atoms with Crippen LogP contribution in [0.4, 0.5) is 0 Å². The van der Waals surface area contributed by atoms with Crippen LogP contribution in [0.3, 0.4) is 0 Å². The Hall–Kier alpha value is -0.700. The molecule has 0 radical (unpaired) electrons. The highest BCUT2D eigenvalue weighted by molar-refractivity contribution is 7.87. The molecule has 0 aromatic carbocycles. The van der Waals surface area contributed by atoms with E-state index >= 15 is 0 Å². The summed E-state index contributed by atoms with van der Waals surface area (Å²) in [6.07, 6.45) is 0.156. The van der Waals surface area contributed by atoms with E-state index in [1.165, 1.54) is 4.31 Å². The van der Waals surface area contributed by atoms with Gasteiger partial charge >= 0.3 is 0 Å². The van der Waals surface area contributed by atoms with Gasteiger partial charge < -0.3 is 10.6 Å². The van der Waals surface area contributed by atoms with Crippen LogP contribution >= 0.6 is 0 Å². The zero-order chi connectivity index (χ0) is 13.6. The molecule has 0 aliphatic carbocycles. The Morgan fingerprint density at radius 3 is 2.50 bits per heavy atom. The van der Waals surface area contributed by atoms with Gasteiger partial charge in [-0.1, -0.05) is 0 Å². The number of hydrogen-bond acceptors (Lipinski definition) is 4.